The lowest BCUT2D eigenvalue weighted by molar-refractivity contribution is -0.170. The van der Waals surface area contributed by atoms with E-state index in [1.165, 1.54) is 11.8 Å². The molecule has 1 aromatic carbocycles. The van der Waals surface area contributed by atoms with E-state index in [0.717, 1.165) is 0 Å². The van der Waals surface area contributed by atoms with Gasteiger partial charge in [0, 0.05) is 6.42 Å². The average molecular weight is 284 g/mol. The molecule has 0 saturated carbocycles. The van der Waals surface area contributed by atoms with Crippen molar-refractivity contribution >= 4 is 23.7 Å². The number of carbonyl (C=O) groups is 2. The SMILES string of the molecule is CSCCC(OC(=O)[C@H](O)c1ccccc1)C(=O)O. The van der Waals surface area contributed by atoms with Crippen molar-refractivity contribution in [2.24, 2.45) is 0 Å². The highest BCUT2D eigenvalue weighted by atomic mass is 32.2. The number of aliphatic carboxylic acids is 1. The minimum Gasteiger partial charge on any atom is -0.479 e. The maximum Gasteiger partial charge on any atom is 0.345 e. The van der Waals surface area contributed by atoms with Gasteiger partial charge in [0.25, 0.3) is 0 Å². The first kappa shape index (κ1) is 15.5. The van der Waals surface area contributed by atoms with Gasteiger partial charge < -0.3 is 14.9 Å². The highest BCUT2D eigenvalue weighted by molar-refractivity contribution is 7.98. The number of thioether (sulfide) groups is 1. The summed E-state index contributed by atoms with van der Waals surface area (Å²) in [7, 11) is 0. The number of carbonyl (C=O) groups excluding carboxylic acids is 1. The van der Waals surface area contributed by atoms with Crippen LogP contribution >= 0.6 is 11.8 Å². The van der Waals surface area contributed by atoms with E-state index in [9.17, 15) is 14.7 Å². The molecule has 5 nitrogen and oxygen atoms in total. The molecule has 0 radical (unpaired) electrons. The lowest BCUT2D eigenvalue weighted by Gasteiger charge is -2.16. The van der Waals surface area contributed by atoms with Crippen LogP contribution in [0.4, 0.5) is 0 Å². The van der Waals surface area contributed by atoms with Gasteiger partial charge in [-0.2, -0.15) is 11.8 Å². The van der Waals surface area contributed by atoms with Crippen LogP contribution in [-0.2, 0) is 14.3 Å². The number of carboxylic acid groups (broad SMARTS) is 1. The van der Waals surface area contributed by atoms with Gasteiger partial charge >= 0.3 is 11.9 Å². The van der Waals surface area contributed by atoms with Crippen LogP contribution < -0.4 is 0 Å². The molecule has 104 valence electrons. The first-order valence-corrected chi connectivity index (χ1v) is 7.11. The minimum absolute atomic E-state index is 0.212. The van der Waals surface area contributed by atoms with Gasteiger partial charge in [0.05, 0.1) is 0 Å². The Morgan fingerprint density at radius 1 is 1.32 bits per heavy atom. The molecule has 2 atom stereocenters. The Balaban J connectivity index is 2.64. The van der Waals surface area contributed by atoms with Crippen molar-refractivity contribution in [3.8, 4) is 0 Å². The van der Waals surface area contributed by atoms with Crippen molar-refractivity contribution < 1.29 is 24.5 Å². The molecule has 0 bridgehead atoms. The summed E-state index contributed by atoms with van der Waals surface area (Å²) < 4.78 is 4.83. The van der Waals surface area contributed by atoms with Crippen molar-refractivity contribution in [2.75, 3.05) is 12.0 Å². The van der Waals surface area contributed by atoms with Gasteiger partial charge in [0.1, 0.15) is 0 Å². The summed E-state index contributed by atoms with van der Waals surface area (Å²) in [4.78, 5) is 22.6. The van der Waals surface area contributed by atoms with Crippen LogP contribution in [0.2, 0.25) is 0 Å². The van der Waals surface area contributed by atoms with E-state index < -0.39 is 24.1 Å². The Labute approximate surface area is 115 Å². The smallest absolute Gasteiger partial charge is 0.345 e. The van der Waals surface area contributed by atoms with Crippen LogP contribution in [0.3, 0.4) is 0 Å². The maximum atomic E-state index is 11.7. The second-order valence-corrected chi connectivity index (χ2v) is 4.84. The molecule has 6 heteroatoms. The summed E-state index contributed by atoms with van der Waals surface area (Å²) in [6.45, 7) is 0. The second kappa shape index (κ2) is 7.81. The summed E-state index contributed by atoms with van der Waals surface area (Å²) in [5.41, 5.74) is 0.376. The van der Waals surface area contributed by atoms with E-state index in [1.54, 1.807) is 30.3 Å². The number of aliphatic hydroxyl groups is 1. The Morgan fingerprint density at radius 3 is 2.47 bits per heavy atom. The van der Waals surface area contributed by atoms with E-state index in [1.807, 2.05) is 6.26 Å². The fourth-order valence-corrected chi connectivity index (χ4v) is 1.88. The van der Waals surface area contributed by atoms with Crippen molar-refractivity contribution in [2.45, 2.75) is 18.6 Å². The second-order valence-electron chi connectivity index (χ2n) is 3.86. The lowest BCUT2D eigenvalue weighted by Crippen LogP contribution is -2.30. The quantitative estimate of drug-likeness (QED) is 0.738. The summed E-state index contributed by atoms with van der Waals surface area (Å²) in [6.07, 6.45) is -0.640. The lowest BCUT2D eigenvalue weighted by atomic mass is 10.1. The van der Waals surface area contributed by atoms with Gasteiger partial charge in [-0.25, -0.2) is 9.59 Å². The molecule has 0 amide bonds. The van der Waals surface area contributed by atoms with Gasteiger partial charge in [-0.3, -0.25) is 0 Å². The normalized spacial score (nSPS) is 13.6. The van der Waals surface area contributed by atoms with Crippen LogP contribution in [0.1, 0.15) is 18.1 Å². The molecule has 1 unspecified atom stereocenters. The summed E-state index contributed by atoms with van der Waals surface area (Å²) in [5, 5.41) is 18.7. The number of hydrogen-bond donors (Lipinski definition) is 2. The Hall–Kier alpha value is -1.53. The molecule has 1 rings (SSSR count). The number of esters is 1. The van der Waals surface area contributed by atoms with E-state index >= 15 is 0 Å². The number of carboxylic acids is 1. The van der Waals surface area contributed by atoms with Gasteiger partial charge in [-0.15, -0.1) is 0 Å². The number of ether oxygens (including phenoxy) is 1. The number of benzene rings is 1. The van der Waals surface area contributed by atoms with Crippen molar-refractivity contribution in [1.82, 2.24) is 0 Å². The van der Waals surface area contributed by atoms with E-state index in [4.69, 9.17) is 9.84 Å². The highest BCUT2D eigenvalue weighted by Crippen LogP contribution is 2.16. The van der Waals surface area contributed by atoms with Crippen molar-refractivity contribution in [1.29, 1.82) is 0 Å². The Bertz CT molecular complexity index is 420. The first-order chi connectivity index (χ1) is 9.06. The number of aliphatic hydroxyl groups excluding tert-OH is 1. The van der Waals surface area contributed by atoms with Crippen LogP contribution in [0.15, 0.2) is 30.3 Å². The molecule has 0 saturated heterocycles. The molecular formula is C13H16O5S. The molecule has 0 spiro atoms. The number of rotatable bonds is 7. The zero-order valence-corrected chi connectivity index (χ0v) is 11.3. The fourth-order valence-electron chi connectivity index (χ4n) is 1.43. The minimum atomic E-state index is -1.46. The molecule has 19 heavy (non-hydrogen) atoms. The summed E-state index contributed by atoms with van der Waals surface area (Å²) >= 11 is 1.46. The van der Waals surface area contributed by atoms with Crippen LogP contribution in [0.25, 0.3) is 0 Å². The largest absolute Gasteiger partial charge is 0.479 e. The topological polar surface area (TPSA) is 83.8 Å². The molecule has 2 N–H and O–H groups in total. The predicted molar refractivity (Wildman–Crippen MR) is 71.9 cm³/mol. The zero-order chi connectivity index (χ0) is 14.3. The molecule has 0 aliphatic heterocycles. The molecule has 0 heterocycles. The van der Waals surface area contributed by atoms with Crippen molar-refractivity contribution in [3.05, 3.63) is 35.9 Å². The molecule has 0 fully saturated rings. The molecule has 0 aromatic heterocycles. The predicted octanol–water partition coefficient (Wildman–Crippen LogP) is 1.47. The first-order valence-electron chi connectivity index (χ1n) is 5.71. The molecule has 0 aliphatic carbocycles. The standard InChI is InChI=1S/C13H16O5S/c1-19-8-7-10(12(15)16)18-13(17)11(14)9-5-3-2-4-6-9/h2-6,10-11,14H,7-8H2,1H3,(H,15,16)/t10?,11-/m1/s1. The van der Waals surface area contributed by atoms with E-state index in [0.29, 0.717) is 11.3 Å². The van der Waals surface area contributed by atoms with Gasteiger partial charge in [-0.1, -0.05) is 30.3 Å². The van der Waals surface area contributed by atoms with Crippen LogP contribution in [0, 0.1) is 0 Å². The highest BCUT2D eigenvalue weighted by Gasteiger charge is 2.26. The zero-order valence-electron chi connectivity index (χ0n) is 10.5. The average Bonchev–Trinajstić information content (AvgIpc) is 2.43. The third kappa shape index (κ3) is 4.92. The van der Waals surface area contributed by atoms with Crippen LogP contribution in [0.5, 0.6) is 0 Å². The Morgan fingerprint density at radius 2 is 1.95 bits per heavy atom. The Kier molecular flexibility index (Phi) is 6.38. The summed E-state index contributed by atoms with van der Waals surface area (Å²) in [5.74, 6) is -1.59. The molecule has 0 aliphatic rings. The number of hydrogen-bond acceptors (Lipinski definition) is 5. The van der Waals surface area contributed by atoms with Gasteiger partial charge in [0.15, 0.2) is 12.2 Å². The molecular weight excluding hydrogens is 268 g/mol. The van der Waals surface area contributed by atoms with Gasteiger partial charge in [-0.05, 0) is 17.6 Å². The van der Waals surface area contributed by atoms with Gasteiger partial charge in [0.2, 0.25) is 0 Å². The fraction of sp³-hybridized carbons (Fsp3) is 0.385. The summed E-state index contributed by atoms with van der Waals surface area (Å²) in [6, 6.07) is 8.25. The molecule has 1 aromatic rings. The maximum absolute atomic E-state index is 11.7. The third-order valence-electron chi connectivity index (χ3n) is 2.46. The monoisotopic (exact) mass is 284 g/mol. The van der Waals surface area contributed by atoms with E-state index in [-0.39, 0.29) is 6.42 Å². The van der Waals surface area contributed by atoms with Crippen molar-refractivity contribution in [3.63, 3.8) is 0 Å². The van der Waals surface area contributed by atoms with E-state index in [2.05, 4.69) is 0 Å². The van der Waals surface area contributed by atoms with Crippen LogP contribution in [-0.4, -0.2) is 40.3 Å². The third-order valence-corrected chi connectivity index (χ3v) is 3.10.